The van der Waals surface area contributed by atoms with E-state index in [0.717, 1.165) is 0 Å². The number of ether oxygens (including phenoxy) is 1. The fourth-order valence-corrected chi connectivity index (χ4v) is 1.68. The third-order valence-corrected chi connectivity index (χ3v) is 2.45. The molecule has 1 saturated heterocycles. The molecule has 0 saturated carbocycles. The van der Waals surface area contributed by atoms with Crippen LogP contribution in [0.2, 0.25) is 0 Å². The maximum absolute atomic E-state index is 11.4. The first-order valence-corrected chi connectivity index (χ1v) is 5.92. The number of hydrogen-bond donors (Lipinski definition) is 2. The number of aliphatic hydroxyl groups excluding tert-OH is 1. The van der Waals surface area contributed by atoms with Crippen LogP contribution >= 0.6 is 11.6 Å². The highest BCUT2D eigenvalue weighted by Gasteiger charge is 2.26. The van der Waals surface area contributed by atoms with Gasteiger partial charge < -0.3 is 9.84 Å². The molecular formula is C10H15ClN2O4. The number of H-pyrrole nitrogens is 1. The van der Waals surface area contributed by atoms with Crippen LogP contribution in [-0.2, 0) is 4.74 Å². The summed E-state index contributed by atoms with van der Waals surface area (Å²) in [6.07, 6.45) is 3.66. The van der Waals surface area contributed by atoms with Crippen molar-refractivity contribution in [2.45, 2.75) is 25.2 Å². The Hall–Kier alpha value is -1.11. The number of rotatable bonds is 2. The minimum Gasteiger partial charge on any atom is -0.394 e. The van der Waals surface area contributed by atoms with Gasteiger partial charge in [0.2, 0.25) is 0 Å². The van der Waals surface area contributed by atoms with Crippen LogP contribution in [0.25, 0.3) is 0 Å². The molecule has 2 unspecified atom stereocenters. The molecule has 2 heterocycles. The summed E-state index contributed by atoms with van der Waals surface area (Å²) in [6.45, 7) is -0.0470. The molecule has 2 atom stereocenters. The van der Waals surface area contributed by atoms with Crippen LogP contribution in [0.4, 0.5) is 0 Å². The van der Waals surface area contributed by atoms with Gasteiger partial charge in [0.15, 0.2) is 0 Å². The average molecular weight is 263 g/mol. The van der Waals surface area contributed by atoms with Crippen molar-refractivity contribution in [1.82, 2.24) is 9.55 Å². The molecule has 0 radical (unpaired) electrons. The Morgan fingerprint density at radius 3 is 2.76 bits per heavy atom. The van der Waals surface area contributed by atoms with Crippen molar-refractivity contribution in [2.24, 2.45) is 0 Å². The fourth-order valence-electron chi connectivity index (χ4n) is 1.68. The van der Waals surface area contributed by atoms with Crippen LogP contribution in [-0.4, -0.2) is 33.8 Å². The Kier molecular flexibility index (Phi) is 5.40. The quantitative estimate of drug-likeness (QED) is 0.739. The van der Waals surface area contributed by atoms with Crippen LogP contribution in [0.1, 0.15) is 19.1 Å². The lowest BCUT2D eigenvalue weighted by Gasteiger charge is -2.13. The monoisotopic (exact) mass is 262 g/mol. The van der Waals surface area contributed by atoms with Crippen LogP contribution in [0.15, 0.2) is 21.9 Å². The number of hydrogen-bond acceptors (Lipinski definition) is 4. The number of alkyl halides is 1. The first-order chi connectivity index (χ1) is 8.20. The molecule has 17 heavy (non-hydrogen) atoms. The lowest BCUT2D eigenvalue weighted by molar-refractivity contribution is -0.0246. The number of nitrogens with one attached hydrogen (secondary N) is 1. The topological polar surface area (TPSA) is 84.3 Å². The van der Waals surface area contributed by atoms with E-state index in [4.69, 9.17) is 9.84 Å². The van der Waals surface area contributed by atoms with Gasteiger partial charge in [-0.25, -0.2) is 4.79 Å². The van der Waals surface area contributed by atoms with Crippen LogP contribution in [0, 0.1) is 0 Å². The lowest BCUT2D eigenvalue weighted by atomic mass is 10.2. The summed E-state index contributed by atoms with van der Waals surface area (Å²) in [4.78, 5) is 24.4. The van der Waals surface area contributed by atoms with Gasteiger partial charge in [-0.15, -0.1) is 11.6 Å². The summed E-state index contributed by atoms with van der Waals surface area (Å²) in [6, 6.07) is 1.27. The van der Waals surface area contributed by atoms with E-state index >= 15 is 0 Å². The second-order valence-electron chi connectivity index (χ2n) is 3.49. The van der Waals surface area contributed by atoms with E-state index in [1.807, 2.05) is 0 Å². The predicted octanol–water partition coefficient (Wildman–Crippen LogP) is 0.0615. The summed E-state index contributed by atoms with van der Waals surface area (Å²) in [7, 11) is 0. The molecular weight excluding hydrogens is 248 g/mol. The van der Waals surface area contributed by atoms with Crippen LogP contribution in [0.3, 0.4) is 0 Å². The van der Waals surface area contributed by atoms with Crippen molar-refractivity contribution in [3.05, 3.63) is 33.1 Å². The largest absolute Gasteiger partial charge is 0.394 e. The highest BCUT2D eigenvalue weighted by Crippen LogP contribution is 2.26. The van der Waals surface area contributed by atoms with E-state index in [-0.39, 0.29) is 18.9 Å². The summed E-state index contributed by atoms with van der Waals surface area (Å²) in [5.74, 6) is 0. The van der Waals surface area contributed by atoms with Gasteiger partial charge in [-0.2, -0.15) is 0 Å². The number of aliphatic hydroxyl groups is 1. The average Bonchev–Trinajstić information content (AvgIpc) is 2.80. The smallest absolute Gasteiger partial charge is 0.330 e. The van der Waals surface area contributed by atoms with Crippen molar-refractivity contribution in [1.29, 1.82) is 0 Å². The van der Waals surface area contributed by atoms with E-state index in [1.54, 1.807) is 0 Å². The lowest BCUT2D eigenvalue weighted by Crippen LogP contribution is -2.31. The molecule has 0 spiro atoms. The molecule has 7 heteroatoms. The Balaban J connectivity index is 0.000000686. The molecule has 1 aliphatic heterocycles. The predicted molar refractivity (Wildman–Crippen MR) is 63.3 cm³/mol. The molecule has 0 aliphatic carbocycles. The molecule has 1 aromatic rings. The Morgan fingerprint density at radius 1 is 1.53 bits per heavy atom. The number of aromatic amines is 1. The maximum Gasteiger partial charge on any atom is 0.330 e. The molecule has 1 fully saturated rings. The molecule has 96 valence electrons. The molecule has 0 bridgehead atoms. The van der Waals surface area contributed by atoms with Gasteiger partial charge in [0.1, 0.15) is 6.23 Å². The highest BCUT2D eigenvalue weighted by molar-refractivity contribution is 6.15. The normalized spacial score (nSPS) is 23.0. The summed E-state index contributed by atoms with van der Waals surface area (Å²) in [5.41, 5.74) is -0.904. The minimum atomic E-state index is -0.480. The van der Waals surface area contributed by atoms with E-state index in [9.17, 15) is 9.59 Å². The Bertz CT molecular complexity index is 456. The van der Waals surface area contributed by atoms with Crippen molar-refractivity contribution >= 4 is 11.6 Å². The van der Waals surface area contributed by atoms with E-state index in [2.05, 4.69) is 16.6 Å². The van der Waals surface area contributed by atoms with Crippen molar-refractivity contribution in [2.75, 3.05) is 13.0 Å². The van der Waals surface area contributed by atoms with Crippen molar-refractivity contribution in [3.8, 4) is 0 Å². The van der Waals surface area contributed by atoms with E-state index in [0.29, 0.717) is 12.8 Å². The molecule has 1 aliphatic rings. The second-order valence-corrected chi connectivity index (χ2v) is 3.49. The van der Waals surface area contributed by atoms with Gasteiger partial charge in [0.25, 0.3) is 5.56 Å². The molecule has 2 N–H and O–H groups in total. The molecule has 2 rings (SSSR count). The second kappa shape index (κ2) is 6.58. The number of nitrogens with zero attached hydrogens (tertiary/aromatic N) is 1. The summed E-state index contributed by atoms with van der Waals surface area (Å²) in [5, 5.41) is 8.87. The third kappa shape index (κ3) is 3.42. The van der Waals surface area contributed by atoms with Crippen LogP contribution < -0.4 is 11.2 Å². The zero-order valence-corrected chi connectivity index (χ0v) is 10.2. The van der Waals surface area contributed by atoms with Crippen molar-refractivity contribution in [3.63, 3.8) is 0 Å². The van der Waals surface area contributed by atoms with Gasteiger partial charge in [-0.3, -0.25) is 14.3 Å². The zero-order valence-electron chi connectivity index (χ0n) is 9.43. The van der Waals surface area contributed by atoms with E-state index < -0.39 is 11.2 Å². The molecule has 0 aromatic carbocycles. The SMILES string of the molecule is CCl.O=c1ccn(C2CCC(CO)O2)c(=O)[nH]1. The van der Waals surface area contributed by atoms with Gasteiger partial charge in [-0.05, 0) is 12.8 Å². The molecule has 1 aromatic heterocycles. The standard InChI is InChI=1S/C9H12N2O4.CH3Cl/c12-5-6-1-2-8(15-6)11-4-3-7(13)10-9(11)14;1-2/h3-4,6,8,12H,1-2,5H2,(H,10,13,14);1H3. The third-order valence-electron chi connectivity index (χ3n) is 2.45. The van der Waals surface area contributed by atoms with Gasteiger partial charge in [0.05, 0.1) is 12.7 Å². The van der Waals surface area contributed by atoms with Crippen LogP contribution in [0.5, 0.6) is 0 Å². The van der Waals surface area contributed by atoms with E-state index in [1.165, 1.54) is 23.2 Å². The van der Waals surface area contributed by atoms with Gasteiger partial charge in [0, 0.05) is 18.6 Å². The first-order valence-electron chi connectivity index (χ1n) is 5.16. The van der Waals surface area contributed by atoms with Crippen molar-refractivity contribution < 1.29 is 9.84 Å². The Labute approximate surface area is 103 Å². The fraction of sp³-hybridized carbons (Fsp3) is 0.600. The first kappa shape index (κ1) is 14.0. The maximum atomic E-state index is 11.4. The number of halogens is 1. The summed E-state index contributed by atoms with van der Waals surface area (Å²) < 4.78 is 6.74. The highest BCUT2D eigenvalue weighted by atomic mass is 35.5. The molecule has 0 amide bonds. The van der Waals surface area contributed by atoms with Gasteiger partial charge in [-0.1, -0.05) is 0 Å². The Morgan fingerprint density at radius 2 is 2.24 bits per heavy atom. The minimum absolute atomic E-state index is 0.0470. The van der Waals surface area contributed by atoms with Gasteiger partial charge >= 0.3 is 5.69 Å². The summed E-state index contributed by atoms with van der Waals surface area (Å²) >= 11 is 4.64. The zero-order chi connectivity index (χ0) is 12.8. The number of aromatic nitrogens is 2. The molecule has 6 nitrogen and oxygen atoms in total.